The van der Waals surface area contributed by atoms with Crippen LogP contribution in [0.4, 0.5) is 36.8 Å². The van der Waals surface area contributed by atoms with Crippen LogP contribution in [0.1, 0.15) is 63.3 Å². The number of nitrogens with one attached hydrogen (secondary N) is 1. The van der Waals surface area contributed by atoms with Gasteiger partial charge in [0.05, 0.1) is 0 Å². The summed E-state index contributed by atoms with van der Waals surface area (Å²) in [6, 6.07) is 6.64. The Kier molecular flexibility index (Phi) is 8.71. The summed E-state index contributed by atoms with van der Waals surface area (Å²) in [6.45, 7) is 8.82. The lowest BCUT2D eigenvalue weighted by molar-refractivity contribution is -0.376. The number of fused-ring (bicyclic) bond motifs is 1. The van der Waals surface area contributed by atoms with Crippen molar-refractivity contribution in [2.45, 2.75) is 89.0 Å². The van der Waals surface area contributed by atoms with E-state index in [1.54, 1.807) is 37.8 Å². The Bertz CT molecular complexity index is 1610. The molecule has 2 aromatic carbocycles. The second-order valence-electron chi connectivity index (χ2n) is 13.5. The first-order valence-corrected chi connectivity index (χ1v) is 15.6. The van der Waals surface area contributed by atoms with Gasteiger partial charge in [0.2, 0.25) is 5.91 Å². The molecule has 0 saturated carbocycles. The molecule has 0 radical (unpaired) electrons. The van der Waals surface area contributed by atoms with Crippen LogP contribution in [-0.2, 0) is 33.6 Å². The number of hydrogen-bond donors (Lipinski definition) is 2. The quantitative estimate of drug-likeness (QED) is 0.309. The topological polar surface area (TPSA) is 102 Å². The van der Waals surface area contributed by atoms with Gasteiger partial charge in [0, 0.05) is 43.3 Å². The molecule has 0 bridgehead atoms. The highest BCUT2D eigenvalue weighted by atomic mass is 19.4. The Hall–Kier alpha value is -4.01. The Morgan fingerprint density at radius 2 is 1.69 bits per heavy atom. The molecule has 0 spiro atoms. The van der Waals surface area contributed by atoms with E-state index < -0.39 is 65.1 Å². The lowest BCUT2D eigenvalue weighted by Crippen LogP contribution is -2.56. The predicted molar refractivity (Wildman–Crippen MR) is 162 cm³/mol. The number of imide groups is 1. The molecule has 0 aliphatic carbocycles. The maximum Gasteiger partial charge on any atom is 0.430 e. The second-order valence-corrected chi connectivity index (χ2v) is 13.5. The molecule has 3 aliphatic rings. The van der Waals surface area contributed by atoms with E-state index in [1.807, 2.05) is 19.9 Å². The Labute approximate surface area is 273 Å². The SMILES string of the molecule is CCCc1cc(C(O)(C(F)(F)F)C(F)(F)F)ccc1N1CCN(C(=O)CN2C(=O)NC(C)(c3ccc4c(c3)CC(C)(C)O4)C2=O)C[C@H]1C. The molecular formula is C33H38F6N4O5. The summed E-state index contributed by atoms with van der Waals surface area (Å²) in [6.07, 6.45) is -10.8. The molecule has 15 heteroatoms. The normalized spacial score (nSPS) is 22.9. The Morgan fingerprint density at radius 1 is 1.02 bits per heavy atom. The lowest BCUT2D eigenvalue weighted by atomic mass is 9.89. The minimum absolute atomic E-state index is 0.114. The van der Waals surface area contributed by atoms with Crippen molar-refractivity contribution in [1.82, 2.24) is 15.1 Å². The van der Waals surface area contributed by atoms with Gasteiger partial charge in [-0.25, -0.2) is 4.79 Å². The number of hydrogen-bond acceptors (Lipinski definition) is 6. The number of carbonyl (C=O) groups excluding carboxylic acids is 3. The number of nitrogens with zero attached hydrogens (tertiary/aromatic N) is 3. The molecule has 3 aliphatic heterocycles. The monoisotopic (exact) mass is 684 g/mol. The predicted octanol–water partition coefficient (Wildman–Crippen LogP) is 5.17. The molecule has 2 atom stereocenters. The number of carbonyl (C=O) groups is 3. The lowest BCUT2D eigenvalue weighted by Gasteiger charge is -2.42. The molecule has 3 heterocycles. The fourth-order valence-electron chi connectivity index (χ4n) is 6.78. The van der Waals surface area contributed by atoms with E-state index in [9.17, 15) is 45.8 Å². The minimum Gasteiger partial charge on any atom is -0.487 e. The first kappa shape index (κ1) is 35.3. The van der Waals surface area contributed by atoms with Crippen LogP contribution in [0.2, 0.25) is 0 Å². The number of rotatable bonds is 7. The van der Waals surface area contributed by atoms with Crippen molar-refractivity contribution in [2.75, 3.05) is 31.1 Å². The number of aryl methyl sites for hydroxylation is 1. The van der Waals surface area contributed by atoms with Gasteiger partial charge < -0.3 is 25.0 Å². The van der Waals surface area contributed by atoms with Gasteiger partial charge in [-0.2, -0.15) is 26.3 Å². The van der Waals surface area contributed by atoms with Gasteiger partial charge in [0.25, 0.3) is 11.5 Å². The summed E-state index contributed by atoms with van der Waals surface area (Å²) in [5.74, 6) is -0.387. The standard InChI is InChI=1S/C33H38F6N4O5/c1-6-7-20-14-23(31(47,32(34,35)36)33(37,38)39)8-10-24(20)42-13-12-41(17-19(42)2)26(44)18-43-27(45)30(5,40-28(43)46)22-9-11-25-21(15-22)16-29(3,4)48-25/h8-11,14-15,19,47H,6-7,12-13,16-18H2,1-5H3,(H,40,46)/t19-,30?/m1/s1. The molecule has 4 amide bonds. The van der Waals surface area contributed by atoms with Gasteiger partial charge in [-0.3, -0.25) is 14.5 Å². The third-order valence-corrected chi connectivity index (χ3v) is 9.34. The Morgan fingerprint density at radius 3 is 2.29 bits per heavy atom. The van der Waals surface area contributed by atoms with Crippen LogP contribution in [0, 0.1) is 0 Å². The zero-order valence-corrected chi connectivity index (χ0v) is 27.2. The molecule has 2 fully saturated rings. The van der Waals surface area contributed by atoms with Crippen LogP contribution < -0.4 is 15.0 Å². The molecule has 0 aromatic heterocycles. The molecule has 5 rings (SSSR count). The number of halogens is 6. The second kappa shape index (κ2) is 11.8. The fourth-order valence-corrected chi connectivity index (χ4v) is 6.78. The van der Waals surface area contributed by atoms with Crippen LogP contribution in [0.3, 0.4) is 0 Å². The highest BCUT2D eigenvalue weighted by Crippen LogP contribution is 2.50. The van der Waals surface area contributed by atoms with E-state index in [4.69, 9.17) is 4.74 Å². The van der Waals surface area contributed by atoms with E-state index in [0.717, 1.165) is 22.6 Å². The van der Waals surface area contributed by atoms with Crippen molar-refractivity contribution >= 4 is 23.5 Å². The average Bonchev–Trinajstić information content (AvgIpc) is 3.41. The molecular weight excluding hydrogens is 646 g/mol. The number of anilines is 1. The van der Waals surface area contributed by atoms with Gasteiger partial charge in [-0.15, -0.1) is 0 Å². The Balaban J connectivity index is 1.30. The zero-order valence-electron chi connectivity index (χ0n) is 27.2. The maximum atomic E-state index is 13.6. The van der Waals surface area contributed by atoms with E-state index in [1.165, 1.54) is 4.90 Å². The smallest absolute Gasteiger partial charge is 0.430 e. The molecule has 48 heavy (non-hydrogen) atoms. The zero-order chi connectivity index (χ0) is 35.6. The van der Waals surface area contributed by atoms with Crippen molar-refractivity contribution in [3.63, 3.8) is 0 Å². The van der Waals surface area contributed by atoms with Crippen molar-refractivity contribution in [3.8, 4) is 5.75 Å². The third kappa shape index (κ3) is 5.94. The first-order chi connectivity index (χ1) is 22.1. The number of amides is 4. The summed E-state index contributed by atoms with van der Waals surface area (Å²) >= 11 is 0. The van der Waals surface area contributed by atoms with E-state index >= 15 is 0 Å². The minimum atomic E-state index is -6.01. The number of ether oxygens (including phenoxy) is 1. The van der Waals surface area contributed by atoms with Gasteiger partial charge in [0.1, 0.15) is 23.4 Å². The van der Waals surface area contributed by atoms with Gasteiger partial charge in [-0.05, 0) is 69.0 Å². The fraction of sp³-hybridized carbons (Fsp3) is 0.545. The third-order valence-electron chi connectivity index (χ3n) is 9.34. The van der Waals surface area contributed by atoms with Crippen molar-refractivity contribution in [2.24, 2.45) is 0 Å². The van der Waals surface area contributed by atoms with Gasteiger partial charge >= 0.3 is 18.4 Å². The van der Waals surface area contributed by atoms with E-state index in [-0.39, 0.29) is 31.6 Å². The van der Waals surface area contributed by atoms with Crippen molar-refractivity contribution < 1.29 is 50.6 Å². The van der Waals surface area contributed by atoms with Crippen molar-refractivity contribution in [1.29, 1.82) is 0 Å². The molecule has 2 saturated heterocycles. The molecule has 9 nitrogen and oxygen atoms in total. The van der Waals surface area contributed by atoms with Gasteiger partial charge in [0.15, 0.2) is 0 Å². The largest absolute Gasteiger partial charge is 0.487 e. The van der Waals surface area contributed by atoms with Crippen molar-refractivity contribution in [3.05, 3.63) is 58.7 Å². The summed E-state index contributed by atoms with van der Waals surface area (Å²) in [5, 5.41) is 12.7. The maximum absolute atomic E-state index is 13.6. The van der Waals surface area contributed by atoms with Crippen LogP contribution >= 0.6 is 0 Å². The number of benzene rings is 2. The number of urea groups is 1. The highest BCUT2D eigenvalue weighted by molar-refractivity contribution is 6.09. The summed E-state index contributed by atoms with van der Waals surface area (Å²) < 4.78 is 87.3. The number of aliphatic hydroxyl groups is 1. The molecule has 1 unspecified atom stereocenters. The van der Waals surface area contributed by atoms with E-state index in [0.29, 0.717) is 35.9 Å². The summed E-state index contributed by atoms with van der Waals surface area (Å²) in [5.41, 5.74) is -6.15. The summed E-state index contributed by atoms with van der Waals surface area (Å²) in [7, 11) is 0. The highest BCUT2D eigenvalue weighted by Gasteiger charge is 2.71. The number of piperazine rings is 1. The van der Waals surface area contributed by atoms with Crippen LogP contribution in [0.5, 0.6) is 5.75 Å². The van der Waals surface area contributed by atoms with Gasteiger partial charge in [-0.1, -0.05) is 31.5 Å². The summed E-state index contributed by atoms with van der Waals surface area (Å²) in [4.78, 5) is 44.1. The molecule has 2 aromatic rings. The van der Waals surface area contributed by atoms with Crippen LogP contribution in [0.15, 0.2) is 36.4 Å². The molecule has 262 valence electrons. The van der Waals surface area contributed by atoms with Crippen LogP contribution in [-0.4, -0.2) is 82.9 Å². The van der Waals surface area contributed by atoms with Crippen LogP contribution in [0.25, 0.3) is 0 Å². The molecule has 2 N–H and O–H groups in total. The number of alkyl halides is 6. The van der Waals surface area contributed by atoms with E-state index in [2.05, 4.69) is 5.32 Å². The average molecular weight is 685 g/mol. The first-order valence-electron chi connectivity index (χ1n) is 15.6.